The third-order valence-electron chi connectivity index (χ3n) is 2.83. The van der Waals surface area contributed by atoms with Crippen LogP contribution in [0.25, 0.3) is 0 Å². The molecule has 98 valence electrons. The second-order valence-corrected chi connectivity index (χ2v) is 4.87. The first-order chi connectivity index (χ1) is 9.00. The van der Waals surface area contributed by atoms with Gasteiger partial charge in [0.15, 0.2) is 0 Å². The Labute approximate surface area is 121 Å². The number of carbonyl (C=O) groups excluding carboxylic acids is 1. The van der Waals surface area contributed by atoms with Crippen LogP contribution in [-0.2, 0) is 0 Å². The third kappa shape index (κ3) is 2.88. The Morgan fingerprint density at radius 1 is 1.16 bits per heavy atom. The molecule has 1 aromatic heterocycles. The van der Waals surface area contributed by atoms with Gasteiger partial charge in [-0.25, -0.2) is 4.98 Å². The number of pyridine rings is 1. The minimum atomic E-state index is -0.219. The lowest BCUT2D eigenvalue weighted by atomic mass is 10.1. The average Bonchev–Trinajstić information content (AvgIpc) is 2.38. The number of hydrogen-bond donors (Lipinski definition) is 0. The van der Waals surface area contributed by atoms with Crippen molar-refractivity contribution in [1.29, 1.82) is 0 Å². The molecule has 0 radical (unpaired) electrons. The van der Waals surface area contributed by atoms with Gasteiger partial charge in [0.2, 0.25) is 0 Å². The number of nitrogens with zero attached hydrogens (tertiary/aromatic N) is 2. The zero-order chi connectivity index (χ0) is 14.0. The molecule has 5 heteroatoms. The van der Waals surface area contributed by atoms with Crippen LogP contribution in [0.5, 0.6) is 0 Å². The van der Waals surface area contributed by atoms with Crippen LogP contribution in [0.15, 0.2) is 36.4 Å². The molecule has 1 heterocycles. The van der Waals surface area contributed by atoms with E-state index in [1.165, 1.54) is 0 Å². The molecule has 1 amide bonds. The summed E-state index contributed by atoms with van der Waals surface area (Å²) in [5.41, 5.74) is 2.17. The van der Waals surface area contributed by atoms with Gasteiger partial charge in [0.25, 0.3) is 5.91 Å². The number of aromatic nitrogens is 1. The van der Waals surface area contributed by atoms with E-state index < -0.39 is 0 Å². The molecule has 0 unspecified atom stereocenters. The molecule has 0 spiro atoms. The zero-order valence-electron chi connectivity index (χ0n) is 10.5. The lowest BCUT2D eigenvalue weighted by molar-refractivity contribution is 0.0992. The summed E-state index contributed by atoms with van der Waals surface area (Å²) in [6, 6.07) is 10.8. The van der Waals surface area contributed by atoms with Gasteiger partial charge in [-0.3, -0.25) is 4.79 Å². The molecule has 2 aromatic rings. The molecular formula is C14H12Cl2N2O. The van der Waals surface area contributed by atoms with Crippen molar-refractivity contribution in [3.05, 3.63) is 57.8 Å². The molecule has 0 aliphatic rings. The summed E-state index contributed by atoms with van der Waals surface area (Å²) in [4.78, 5) is 17.8. The van der Waals surface area contributed by atoms with E-state index in [0.29, 0.717) is 5.56 Å². The molecule has 2 rings (SSSR count). The first-order valence-electron chi connectivity index (χ1n) is 5.66. The van der Waals surface area contributed by atoms with Gasteiger partial charge in [-0.2, -0.15) is 0 Å². The highest BCUT2D eigenvalue weighted by molar-refractivity contribution is 6.35. The Balaban J connectivity index is 2.37. The highest BCUT2D eigenvalue weighted by Gasteiger charge is 2.18. The number of benzene rings is 1. The average molecular weight is 295 g/mol. The highest BCUT2D eigenvalue weighted by Crippen LogP contribution is 2.23. The summed E-state index contributed by atoms with van der Waals surface area (Å²) in [5, 5.41) is 0.373. The fourth-order valence-corrected chi connectivity index (χ4v) is 2.23. The SMILES string of the molecule is Cc1ccccc1N(C)C(=O)c1ccc(Cl)nc1Cl. The van der Waals surface area contributed by atoms with Crippen LogP contribution >= 0.6 is 23.2 Å². The van der Waals surface area contributed by atoms with E-state index in [1.807, 2.05) is 31.2 Å². The zero-order valence-corrected chi connectivity index (χ0v) is 12.0. The van der Waals surface area contributed by atoms with Gasteiger partial charge in [-0.1, -0.05) is 41.4 Å². The Bertz CT molecular complexity index is 629. The predicted molar refractivity (Wildman–Crippen MR) is 78.2 cm³/mol. The number of rotatable bonds is 2. The first-order valence-corrected chi connectivity index (χ1v) is 6.42. The van der Waals surface area contributed by atoms with E-state index in [2.05, 4.69) is 4.98 Å². The van der Waals surface area contributed by atoms with Gasteiger partial charge in [0, 0.05) is 12.7 Å². The van der Waals surface area contributed by atoms with E-state index in [1.54, 1.807) is 24.1 Å². The Morgan fingerprint density at radius 2 is 1.84 bits per heavy atom. The van der Waals surface area contributed by atoms with Crippen LogP contribution in [0.3, 0.4) is 0 Å². The molecule has 0 bridgehead atoms. The van der Waals surface area contributed by atoms with Crippen molar-refractivity contribution < 1.29 is 4.79 Å². The van der Waals surface area contributed by atoms with Gasteiger partial charge in [-0.15, -0.1) is 0 Å². The lowest BCUT2D eigenvalue weighted by Gasteiger charge is -2.19. The van der Waals surface area contributed by atoms with E-state index >= 15 is 0 Å². The van der Waals surface area contributed by atoms with Gasteiger partial charge in [-0.05, 0) is 30.7 Å². The number of aryl methyl sites for hydroxylation is 1. The van der Waals surface area contributed by atoms with Crippen molar-refractivity contribution in [3.8, 4) is 0 Å². The third-order valence-corrected chi connectivity index (χ3v) is 3.33. The standard InChI is InChI=1S/C14H12Cl2N2O/c1-9-5-3-4-6-11(9)18(2)14(19)10-7-8-12(15)17-13(10)16/h3-8H,1-2H3. The maximum atomic E-state index is 12.4. The molecule has 0 N–H and O–H groups in total. The minimum Gasteiger partial charge on any atom is -0.311 e. The molecule has 3 nitrogen and oxygen atoms in total. The normalized spacial score (nSPS) is 10.3. The molecular weight excluding hydrogens is 283 g/mol. The lowest BCUT2D eigenvalue weighted by Crippen LogP contribution is -2.27. The molecule has 0 saturated heterocycles. The van der Waals surface area contributed by atoms with Gasteiger partial charge < -0.3 is 4.90 Å². The van der Waals surface area contributed by atoms with Gasteiger partial charge in [0.1, 0.15) is 10.3 Å². The summed E-state index contributed by atoms with van der Waals surface area (Å²) in [5.74, 6) is -0.219. The number of hydrogen-bond acceptors (Lipinski definition) is 2. The maximum absolute atomic E-state index is 12.4. The van der Waals surface area contributed by atoms with Crippen LogP contribution in [-0.4, -0.2) is 17.9 Å². The molecule has 19 heavy (non-hydrogen) atoms. The van der Waals surface area contributed by atoms with E-state index in [4.69, 9.17) is 23.2 Å². The first kappa shape index (κ1) is 13.8. The molecule has 0 aliphatic heterocycles. The molecule has 1 aromatic carbocycles. The van der Waals surface area contributed by atoms with Crippen molar-refractivity contribution in [2.24, 2.45) is 0 Å². The number of halogens is 2. The van der Waals surface area contributed by atoms with Crippen LogP contribution in [0.4, 0.5) is 5.69 Å². The van der Waals surface area contributed by atoms with E-state index in [-0.39, 0.29) is 16.2 Å². The van der Waals surface area contributed by atoms with Gasteiger partial charge >= 0.3 is 0 Å². The monoisotopic (exact) mass is 294 g/mol. The second-order valence-electron chi connectivity index (χ2n) is 4.12. The quantitative estimate of drug-likeness (QED) is 0.785. The predicted octanol–water partition coefficient (Wildman–Crippen LogP) is 3.97. The van der Waals surface area contributed by atoms with Crippen molar-refractivity contribution in [2.75, 3.05) is 11.9 Å². The van der Waals surface area contributed by atoms with Gasteiger partial charge in [0.05, 0.1) is 5.56 Å². The molecule has 0 atom stereocenters. The van der Waals surface area contributed by atoms with Crippen molar-refractivity contribution in [2.45, 2.75) is 6.92 Å². The smallest absolute Gasteiger partial charge is 0.261 e. The second kappa shape index (κ2) is 5.59. The summed E-state index contributed by atoms with van der Waals surface area (Å²) in [6.07, 6.45) is 0. The van der Waals surface area contributed by atoms with E-state index in [9.17, 15) is 4.79 Å². The number of para-hydroxylation sites is 1. The minimum absolute atomic E-state index is 0.109. The Hall–Kier alpha value is -1.58. The maximum Gasteiger partial charge on any atom is 0.261 e. The number of anilines is 1. The van der Waals surface area contributed by atoms with E-state index in [0.717, 1.165) is 11.3 Å². The van der Waals surface area contributed by atoms with Crippen LogP contribution < -0.4 is 4.90 Å². The van der Waals surface area contributed by atoms with Crippen LogP contribution in [0.1, 0.15) is 15.9 Å². The highest BCUT2D eigenvalue weighted by atomic mass is 35.5. The molecule has 0 saturated carbocycles. The van der Waals surface area contributed by atoms with Crippen molar-refractivity contribution in [1.82, 2.24) is 4.98 Å². The van der Waals surface area contributed by atoms with Crippen molar-refractivity contribution >= 4 is 34.8 Å². The largest absolute Gasteiger partial charge is 0.311 e. The van der Waals surface area contributed by atoms with Crippen LogP contribution in [0, 0.1) is 6.92 Å². The molecule has 0 fully saturated rings. The summed E-state index contributed by atoms with van der Waals surface area (Å²) >= 11 is 11.7. The Morgan fingerprint density at radius 3 is 2.47 bits per heavy atom. The summed E-state index contributed by atoms with van der Waals surface area (Å²) in [6.45, 7) is 1.95. The Kier molecular flexibility index (Phi) is 4.08. The summed E-state index contributed by atoms with van der Waals surface area (Å²) in [7, 11) is 1.70. The van der Waals surface area contributed by atoms with Crippen LogP contribution in [0.2, 0.25) is 10.3 Å². The van der Waals surface area contributed by atoms with Crippen molar-refractivity contribution in [3.63, 3.8) is 0 Å². The molecule has 0 aliphatic carbocycles. The summed E-state index contributed by atoms with van der Waals surface area (Å²) < 4.78 is 0. The topological polar surface area (TPSA) is 33.2 Å². The fraction of sp³-hybridized carbons (Fsp3) is 0.143. The number of carbonyl (C=O) groups is 1. The fourth-order valence-electron chi connectivity index (χ4n) is 1.80. The number of amides is 1.